The molecule has 3 aromatic carbocycles. The number of rotatable bonds is 8. The molecule has 0 aromatic heterocycles. The molecule has 0 aliphatic rings. The highest BCUT2D eigenvalue weighted by Gasteiger charge is 2.30. The second-order valence-corrected chi connectivity index (χ2v) is 9.47. The van der Waals surface area contributed by atoms with Crippen LogP contribution in [-0.4, -0.2) is 51.0 Å². The van der Waals surface area contributed by atoms with Crippen LogP contribution in [0.2, 0.25) is 0 Å². The van der Waals surface area contributed by atoms with Crippen molar-refractivity contribution in [3.05, 3.63) is 78.4 Å². The third-order valence-corrected chi connectivity index (χ3v) is 6.45. The van der Waals surface area contributed by atoms with Crippen molar-refractivity contribution in [1.82, 2.24) is 10.2 Å². The van der Waals surface area contributed by atoms with Gasteiger partial charge < -0.3 is 10.2 Å². The number of hydrogen-bond acceptors (Lipinski definition) is 4. The summed E-state index contributed by atoms with van der Waals surface area (Å²) >= 11 is 0. The first kappa shape index (κ1) is 23.3. The molecule has 0 spiro atoms. The van der Waals surface area contributed by atoms with E-state index in [1.807, 2.05) is 60.7 Å². The molecule has 1 atom stereocenters. The van der Waals surface area contributed by atoms with Crippen molar-refractivity contribution < 1.29 is 18.0 Å². The monoisotopic (exact) mass is 453 g/mol. The van der Waals surface area contributed by atoms with Gasteiger partial charge in [0, 0.05) is 19.0 Å². The highest BCUT2D eigenvalue weighted by Crippen LogP contribution is 2.28. The van der Waals surface area contributed by atoms with Gasteiger partial charge >= 0.3 is 0 Å². The second-order valence-electron chi connectivity index (χ2n) is 7.57. The van der Waals surface area contributed by atoms with E-state index in [9.17, 15) is 18.0 Å². The molecule has 0 unspecified atom stereocenters. The fraction of sp³-hybridized carbons (Fsp3) is 0.250. The van der Waals surface area contributed by atoms with Gasteiger partial charge in [-0.1, -0.05) is 66.7 Å². The van der Waals surface area contributed by atoms with Gasteiger partial charge in [-0.05, 0) is 23.9 Å². The molecule has 168 valence electrons. The lowest BCUT2D eigenvalue weighted by atomic mass is 10.1. The Balaban J connectivity index is 1.99. The third kappa shape index (κ3) is 5.26. The molecule has 7 nitrogen and oxygen atoms in total. The number of anilines is 1. The fourth-order valence-electron chi connectivity index (χ4n) is 3.59. The Kier molecular flexibility index (Phi) is 7.15. The van der Waals surface area contributed by atoms with Crippen molar-refractivity contribution in [1.29, 1.82) is 0 Å². The Hall–Kier alpha value is -3.39. The third-order valence-electron chi connectivity index (χ3n) is 5.32. The molecule has 3 aromatic rings. The highest BCUT2D eigenvalue weighted by molar-refractivity contribution is 7.92. The minimum Gasteiger partial charge on any atom is -0.357 e. The zero-order chi connectivity index (χ0) is 23.3. The van der Waals surface area contributed by atoms with Gasteiger partial charge in [0.15, 0.2) is 0 Å². The van der Waals surface area contributed by atoms with Crippen LogP contribution in [0.1, 0.15) is 12.5 Å². The molecule has 0 fully saturated rings. The standard InChI is InChI=1S/C24H27N3O4S/c1-18(24(29)25-2)26(16-19-10-5-4-6-11-19)23(28)17-27(32(3,30)31)22-15-9-13-20-12-7-8-14-21(20)22/h4-15,18H,16-17H2,1-3H3,(H,25,29)/t18-/m1/s1. The number of carbonyl (C=O) groups excluding carboxylic acids is 2. The van der Waals surface area contributed by atoms with Crippen LogP contribution in [0.15, 0.2) is 72.8 Å². The van der Waals surface area contributed by atoms with Crippen molar-refractivity contribution in [3.8, 4) is 0 Å². The van der Waals surface area contributed by atoms with Crippen LogP contribution in [-0.2, 0) is 26.2 Å². The summed E-state index contributed by atoms with van der Waals surface area (Å²) < 4.78 is 26.6. The SMILES string of the molecule is CNC(=O)[C@@H](C)N(Cc1ccccc1)C(=O)CN(c1cccc2ccccc12)S(C)(=O)=O. The molecule has 0 saturated heterocycles. The number of sulfonamides is 1. The van der Waals surface area contributed by atoms with Gasteiger partial charge in [0.1, 0.15) is 12.6 Å². The van der Waals surface area contributed by atoms with Crippen LogP contribution in [0.5, 0.6) is 0 Å². The maximum atomic E-state index is 13.4. The van der Waals surface area contributed by atoms with Crippen LogP contribution < -0.4 is 9.62 Å². The average molecular weight is 454 g/mol. The van der Waals surface area contributed by atoms with Gasteiger partial charge in [0.2, 0.25) is 21.8 Å². The van der Waals surface area contributed by atoms with E-state index in [0.717, 1.165) is 26.9 Å². The predicted molar refractivity (Wildman–Crippen MR) is 127 cm³/mol. The normalized spacial score (nSPS) is 12.2. The number of nitrogens with one attached hydrogen (secondary N) is 1. The summed E-state index contributed by atoms with van der Waals surface area (Å²) in [5.74, 6) is -0.798. The van der Waals surface area contributed by atoms with Gasteiger partial charge in [0.05, 0.1) is 11.9 Å². The van der Waals surface area contributed by atoms with E-state index in [-0.39, 0.29) is 12.5 Å². The topological polar surface area (TPSA) is 86.8 Å². The predicted octanol–water partition coefficient (Wildman–Crippen LogP) is 2.77. The lowest BCUT2D eigenvalue weighted by Crippen LogP contribution is -2.50. The summed E-state index contributed by atoms with van der Waals surface area (Å²) in [5.41, 5.74) is 1.26. The van der Waals surface area contributed by atoms with Gasteiger partial charge in [0.25, 0.3) is 0 Å². The van der Waals surface area contributed by atoms with E-state index in [2.05, 4.69) is 5.32 Å². The van der Waals surface area contributed by atoms with Crippen molar-refractivity contribution in [2.24, 2.45) is 0 Å². The lowest BCUT2D eigenvalue weighted by molar-refractivity contribution is -0.139. The molecule has 32 heavy (non-hydrogen) atoms. The Labute approximate surface area is 188 Å². The molecule has 3 rings (SSSR count). The molecule has 2 amide bonds. The maximum Gasteiger partial charge on any atom is 0.244 e. The first-order chi connectivity index (χ1) is 15.2. The summed E-state index contributed by atoms with van der Waals surface area (Å²) in [7, 11) is -2.27. The molecule has 0 saturated carbocycles. The number of carbonyl (C=O) groups is 2. The van der Waals surface area contributed by atoms with Crippen LogP contribution in [0, 0.1) is 0 Å². The quantitative estimate of drug-likeness (QED) is 0.568. The van der Waals surface area contributed by atoms with E-state index >= 15 is 0 Å². The van der Waals surface area contributed by atoms with Crippen molar-refractivity contribution in [2.45, 2.75) is 19.5 Å². The molecule has 0 heterocycles. The Morgan fingerprint density at radius 3 is 2.22 bits per heavy atom. The number of nitrogens with zero attached hydrogens (tertiary/aromatic N) is 2. The Morgan fingerprint density at radius 2 is 1.56 bits per heavy atom. The minimum absolute atomic E-state index is 0.182. The summed E-state index contributed by atoms with van der Waals surface area (Å²) in [5, 5.41) is 4.15. The van der Waals surface area contributed by atoms with Crippen LogP contribution in [0.4, 0.5) is 5.69 Å². The fourth-order valence-corrected chi connectivity index (χ4v) is 4.45. The lowest BCUT2D eigenvalue weighted by Gasteiger charge is -2.31. The molecular weight excluding hydrogens is 426 g/mol. The number of benzene rings is 3. The Morgan fingerprint density at radius 1 is 0.938 bits per heavy atom. The molecular formula is C24H27N3O4S. The number of amides is 2. The van der Waals surface area contributed by atoms with Crippen LogP contribution in [0.3, 0.4) is 0 Å². The number of likely N-dealkylation sites (N-methyl/N-ethyl adjacent to an activating group) is 1. The average Bonchev–Trinajstić information content (AvgIpc) is 2.79. The van der Waals surface area contributed by atoms with E-state index in [1.54, 1.807) is 19.1 Å². The molecule has 0 aliphatic heterocycles. The first-order valence-electron chi connectivity index (χ1n) is 10.2. The van der Waals surface area contributed by atoms with E-state index in [0.29, 0.717) is 5.69 Å². The molecule has 8 heteroatoms. The number of fused-ring (bicyclic) bond motifs is 1. The molecule has 0 radical (unpaired) electrons. The smallest absolute Gasteiger partial charge is 0.244 e. The second kappa shape index (κ2) is 9.82. The van der Waals surface area contributed by atoms with E-state index < -0.39 is 28.5 Å². The summed E-state index contributed by atoms with van der Waals surface area (Å²) in [6.45, 7) is 1.39. The first-order valence-corrected chi connectivity index (χ1v) is 12.1. The highest BCUT2D eigenvalue weighted by atomic mass is 32.2. The number of hydrogen-bond donors (Lipinski definition) is 1. The van der Waals surface area contributed by atoms with Gasteiger partial charge in [-0.15, -0.1) is 0 Å². The minimum atomic E-state index is -3.78. The zero-order valence-corrected chi connectivity index (χ0v) is 19.2. The summed E-state index contributed by atoms with van der Waals surface area (Å²) in [6.07, 6.45) is 1.08. The van der Waals surface area contributed by atoms with Crippen molar-refractivity contribution >= 4 is 38.3 Å². The van der Waals surface area contributed by atoms with Crippen LogP contribution >= 0.6 is 0 Å². The van der Waals surface area contributed by atoms with E-state index in [1.165, 1.54) is 11.9 Å². The van der Waals surface area contributed by atoms with Gasteiger partial charge in [-0.25, -0.2) is 8.42 Å². The molecule has 0 bridgehead atoms. The van der Waals surface area contributed by atoms with E-state index in [4.69, 9.17) is 0 Å². The maximum absolute atomic E-state index is 13.4. The molecule has 0 aliphatic carbocycles. The summed E-state index contributed by atoms with van der Waals surface area (Å²) in [6, 6.07) is 21.2. The van der Waals surface area contributed by atoms with Crippen molar-refractivity contribution in [2.75, 3.05) is 24.2 Å². The zero-order valence-electron chi connectivity index (χ0n) is 18.4. The summed E-state index contributed by atoms with van der Waals surface area (Å²) in [4.78, 5) is 27.2. The van der Waals surface area contributed by atoms with Crippen molar-refractivity contribution in [3.63, 3.8) is 0 Å². The largest absolute Gasteiger partial charge is 0.357 e. The van der Waals surface area contributed by atoms with Crippen LogP contribution in [0.25, 0.3) is 10.8 Å². The van der Waals surface area contributed by atoms with Gasteiger partial charge in [-0.3, -0.25) is 13.9 Å². The Bertz CT molecular complexity index is 1210. The molecule has 1 N–H and O–H groups in total. The van der Waals surface area contributed by atoms with Gasteiger partial charge in [-0.2, -0.15) is 0 Å².